The van der Waals surface area contributed by atoms with E-state index in [-0.39, 0.29) is 0 Å². The predicted octanol–water partition coefficient (Wildman–Crippen LogP) is 3.07. The molecule has 1 fully saturated rings. The minimum atomic E-state index is 0.300. The van der Waals surface area contributed by atoms with E-state index in [0.717, 1.165) is 47.7 Å². The number of nitrogens with one attached hydrogen (secondary N) is 1. The Morgan fingerprint density at radius 3 is 2.96 bits per heavy atom. The molecule has 6 nitrogen and oxygen atoms in total. The summed E-state index contributed by atoms with van der Waals surface area (Å²) >= 11 is 0. The minimum absolute atomic E-state index is 0.300. The van der Waals surface area contributed by atoms with Gasteiger partial charge in [-0.05, 0) is 36.6 Å². The first kappa shape index (κ1) is 13.7. The standard InChI is InChI=1S/C18H18N4O2/c1-2-14(12-3-4-15-16(10-12)24-9-8-23-15)22(7-1)18-13-5-6-19-17(13)20-11-21-18/h3-6,10-11,14H,1-2,7-9H2,(H,19,20,21)/t14-/m1/s1. The van der Waals surface area contributed by atoms with Gasteiger partial charge in [-0.15, -0.1) is 0 Å². The highest BCUT2D eigenvalue weighted by molar-refractivity contribution is 5.87. The lowest BCUT2D eigenvalue weighted by molar-refractivity contribution is 0.171. The number of rotatable bonds is 2. The summed E-state index contributed by atoms with van der Waals surface area (Å²) in [5, 5.41) is 1.07. The lowest BCUT2D eigenvalue weighted by Gasteiger charge is -2.27. The molecule has 0 amide bonds. The van der Waals surface area contributed by atoms with E-state index >= 15 is 0 Å². The zero-order valence-electron chi connectivity index (χ0n) is 13.2. The Bertz CT molecular complexity index is 892. The molecule has 0 unspecified atom stereocenters. The highest BCUT2D eigenvalue weighted by atomic mass is 16.6. The van der Waals surface area contributed by atoms with Crippen LogP contribution in [0, 0.1) is 0 Å². The molecule has 4 heterocycles. The Labute approximate surface area is 139 Å². The van der Waals surface area contributed by atoms with E-state index in [9.17, 15) is 0 Å². The number of fused-ring (bicyclic) bond motifs is 2. The second kappa shape index (κ2) is 5.40. The molecule has 122 valence electrons. The molecular weight excluding hydrogens is 304 g/mol. The van der Waals surface area contributed by atoms with Crippen molar-refractivity contribution in [2.75, 3.05) is 24.7 Å². The Morgan fingerprint density at radius 2 is 2.00 bits per heavy atom. The maximum Gasteiger partial charge on any atom is 0.161 e. The van der Waals surface area contributed by atoms with Gasteiger partial charge in [0.05, 0.1) is 11.4 Å². The molecule has 0 saturated carbocycles. The van der Waals surface area contributed by atoms with Crippen LogP contribution in [0.2, 0.25) is 0 Å². The van der Waals surface area contributed by atoms with Crippen LogP contribution in [0.25, 0.3) is 11.0 Å². The van der Waals surface area contributed by atoms with Crippen LogP contribution in [0.1, 0.15) is 24.4 Å². The van der Waals surface area contributed by atoms with Crippen molar-refractivity contribution in [3.8, 4) is 11.5 Å². The maximum atomic E-state index is 5.75. The summed E-state index contributed by atoms with van der Waals surface area (Å²) in [6, 6.07) is 8.63. The number of hydrogen-bond acceptors (Lipinski definition) is 5. The monoisotopic (exact) mass is 322 g/mol. The van der Waals surface area contributed by atoms with Crippen molar-refractivity contribution in [2.45, 2.75) is 18.9 Å². The zero-order valence-corrected chi connectivity index (χ0v) is 13.2. The second-order valence-corrected chi connectivity index (χ2v) is 6.19. The van der Waals surface area contributed by atoms with Gasteiger partial charge in [0.1, 0.15) is 31.0 Å². The molecule has 2 aromatic heterocycles. The molecule has 5 rings (SSSR count). The van der Waals surface area contributed by atoms with Crippen LogP contribution in [-0.2, 0) is 0 Å². The summed E-state index contributed by atoms with van der Waals surface area (Å²) in [7, 11) is 0. The van der Waals surface area contributed by atoms with Crippen LogP contribution in [0.3, 0.4) is 0 Å². The highest BCUT2D eigenvalue weighted by Crippen LogP contribution is 2.40. The highest BCUT2D eigenvalue weighted by Gasteiger charge is 2.29. The van der Waals surface area contributed by atoms with Crippen molar-refractivity contribution in [1.82, 2.24) is 15.0 Å². The molecule has 1 atom stereocenters. The molecule has 2 aliphatic rings. The molecular formula is C18H18N4O2. The largest absolute Gasteiger partial charge is 0.486 e. The normalized spacial score (nSPS) is 19.8. The third-order valence-electron chi connectivity index (χ3n) is 4.81. The average Bonchev–Trinajstić information content (AvgIpc) is 3.30. The average molecular weight is 322 g/mol. The van der Waals surface area contributed by atoms with Crippen LogP contribution in [-0.4, -0.2) is 34.7 Å². The van der Waals surface area contributed by atoms with Crippen molar-refractivity contribution < 1.29 is 9.47 Å². The van der Waals surface area contributed by atoms with Gasteiger partial charge in [-0.1, -0.05) is 6.07 Å². The molecule has 0 bridgehead atoms. The van der Waals surface area contributed by atoms with Gasteiger partial charge in [-0.25, -0.2) is 9.97 Å². The van der Waals surface area contributed by atoms with Gasteiger partial charge in [0.15, 0.2) is 11.5 Å². The predicted molar refractivity (Wildman–Crippen MR) is 90.6 cm³/mol. The molecule has 1 N–H and O–H groups in total. The minimum Gasteiger partial charge on any atom is -0.486 e. The van der Waals surface area contributed by atoms with E-state index in [1.165, 1.54) is 5.56 Å². The van der Waals surface area contributed by atoms with Crippen molar-refractivity contribution in [1.29, 1.82) is 0 Å². The van der Waals surface area contributed by atoms with Crippen LogP contribution in [0.15, 0.2) is 36.8 Å². The first-order chi connectivity index (χ1) is 11.9. The summed E-state index contributed by atoms with van der Waals surface area (Å²) in [5.74, 6) is 2.68. The Kier molecular flexibility index (Phi) is 3.07. The van der Waals surface area contributed by atoms with E-state index in [2.05, 4.69) is 32.0 Å². The molecule has 0 aliphatic carbocycles. The van der Waals surface area contributed by atoms with Crippen LogP contribution in [0.5, 0.6) is 11.5 Å². The topological polar surface area (TPSA) is 63.3 Å². The van der Waals surface area contributed by atoms with Crippen molar-refractivity contribution in [3.63, 3.8) is 0 Å². The van der Waals surface area contributed by atoms with Gasteiger partial charge in [-0.2, -0.15) is 0 Å². The molecule has 3 aromatic rings. The quantitative estimate of drug-likeness (QED) is 0.785. The van der Waals surface area contributed by atoms with Crippen molar-refractivity contribution in [3.05, 3.63) is 42.4 Å². The van der Waals surface area contributed by atoms with Gasteiger partial charge < -0.3 is 19.4 Å². The number of hydrogen-bond donors (Lipinski definition) is 1. The van der Waals surface area contributed by atoms with Gasteiger partial charge in [0, 0.05) is 12.7 Å². The molecule has 2 aliphatic heterocycles. The number of H-pyrrole nitrogens is 1. The number of aromatic nitrogens is 3. The van der Waals surface area contributed by atoms with Crippen LogP contribution in [0.4, 0.5) is 5.82 Å². The maximum absolute atomic E-state index is 5.75. The van der Waals surface area contributed by atoms with E-state index in [4.69, 9.17) is 9.47 Å². The smallest absolute Gasteiger partial charge is 0.161 e. The van der Waals surface area contributed by atoms with Crippen LogP contribution < -0.4 is 14.4 Å². The first-order valence-corrected chi connectivity index (χ1v) is 8.34. The first-order valence-electron chi connectivity index (χ1n) is 8.34. The third-order valence-corrected chi connectivity index (χ3v) is 4.81. The van der Waals surface area contributed by atoms with E-state index in [1.807, 2.05) is 18.3 Å². The number of ether oxygens (including phenoxy) is 2. The van der Waals surface area contributed by atoms with Crippen LogP contribution >= 0.6 is 0 Å². The number of nitrogens with zero attached hydrogens (tertiary/aromatic N) is 3. The molecule has 0 spiro atoms. The Hall–Kier alpha value is -2.76. The van der Waals surface area contributed by atoms with E-state index in [1.54, 1.807) is 6.33 Å². The summed E-state index contributed by atoms with van der Waals surface area (Å²) in [6.07, 6.45) is 5.80. The van der Waals surface area contributed by atoms with E-state index in [0.29, 0.717) is 19.3 Å². The molecule has 1 saturated heterocycles. The molecule has 6 heteroatoms. The summed E-state index contributed by atoms with van der Waals surface area (Å²) in [5.41, 5.74) is 2.13. The summed E-state index contributed by atoms with van der Waals surface area (Å²) < 4.78 is 11.4. The lowest BCUT2D eigenvalue weighted by atomic mass is 10.0. The van der Waals surface area contributed by atoms with E-state index < -0.39 is 0 Å². The SMILES string of the molecule is c1nc(N2CCC[C@@H]2c2ccc3c(c2)OCCO3)c2cc[nH]c2n1. The third kappa shape index (κ3) is 2.10. The molecule has 1 aromatic carbocycles. The van der Waals surface area contributed by atoms with Crippen molar-refractivity contribution in [2.24, 2.45) is 0 Å². The molecule has 0 radical (unpaired) electrons. The fourth-order valence-electron chi connectivity index (χ4n) is 3.72. The fraction of sp³-hybridized carbons (Fsp3) is 0.333. The lowest BCUT2D eigenvalue weighted by Crippen LogP contribution is -2.24. The summed E-state index contributed by atoms with van der Waals surface area (Å²) in [4.78, 5) is 14.4. The number of aromatic amines is 1. The van der Waals surface area contributed by atoms with Gasteiger partial charge in [-0.3, -0.25) is 0 Å². The Balaban J connectivity index is 1.55. The van der Waals surface area contributed by atoms with Gasteiger partial charge in [0.25, 0.3) is 0 Å². The second-order valence-electron chi connectivity index (χ2n) is 6.19. The number of anilines is 1. The van der Waals surface area contributed by atoms with Crippen molar-refractivity contribution >= 4 is 16.9 Å². The number of benzene rings is 1. The fourth-order valence-corrected chi connectivity index (χ4v) is 3.72. The zero-order chi connectivity index (χ0) is 15.9. The summed E-state index contributed by atoms with van der Waals surface area (Å²) in [6.45, 7) is 2.23. The molecule has 24 heavy (non-hydrogen) atoms. The van der Waals surface area contributed by atoms with Gasteiger partial charge >= 0.3 is 0 Å². The Morgan fingerprint density at radius 1 is 1.08 bits per heavy atom. The van der Waals surface area contributed by atoms with Gasteiger partial charge in [0.2, 0.25) is 0 Å².